The zero-order valence-corrected chi connectivity index (χ0v) is 12.4. The number of pyridine rings is 1. The summed E-state index contributed by atoms with van der Waals surface area (Å²) in [4.78, 5) is 9.15. The van der Waals surface area contributed by atoms with E-state index in [2.05, 4.69) is 53.3 Å². The number of anilines is 1. The standard InChI is InChI=1S/C15H26N4/c1-4-18(2)15-6-5-13(11-17-15)12-19(3)14-7-9-16-10-8-14/h5-6,11,14,16H,4,7-10,12H2,1-3H3. The van der Waals surface area contributed by atoms with Crippen molar-refractivity contribution in [3.05, 3.63) is 23.9 Å². The van der Waals surface area contributed by atoms with E-state index in [1.807, 2.05) is 6.20 Å². The van der Waals surface area contributed by atoms with Crippen molar-refractivity contribution in [2.45, 2.75) is 32.4 Å². The Balaban J connectivity index is 1.91. The van der Waals surface area contributed by atoms with Crippen LogP contribution in [-0.4, -0.2) is 49.7 Å². The first-order valence-electron chi connectivity index (χ1n) is 7.27. The molecule has 0 aromatic carbocycles. The Morgan fingerprint density at radius 1 is 1.26 bits per heavy atom. The quantitative estimate of drug-likeness (QED) is 0.875. The van der Waals surface area contributed by atoms with E-state index in [1.54, 1.807) is 0 Å². The third kappa shape index (κ3) is 3.91. The van der Waals surface area contributed by atoms with Crippen molar-refractivity contribution in [2.24, 2.45) is 0 Å². The second-order valence-electron chi connectivity index (χ2n) is 5.44. The van der Waals surface area contributed by atoms with Crippen LogP contribution in [-0.2, 0) is 6.54 Å². The average Bonchev–Trinajstić information content (AvgIpc) is 2.48. The summed E-state index contributed by atoms with van der Waals surface area (Å²) >= 11 is 0. The average molecular weight is 262 g/mol. The van der Waals surface area contributed by atoms with Crippen LogP contribution < -0.4 is 10.2 Å². The molecular weight excluding hydrogens is 236 g/mol. The highest BCUT2D eigenvalue weighted by atomic mass is 15.2. The number of aromatic nitrogens is 1. The molecule has 1 aliphatic heterocycles. The summed E-state index contributed by atoms with van der Waals surface area (Å²) in [7, 11) is 4.30. The molecule has 2 rings (SSSR count). The Morgan fingerprint density at radius 3 is 2.58 bits per heavy atom. The molecule has 4 heteroatoms. The maximum absolute atomic E-state index is 4.53. The van der Waals surface area contributed by atoms with E-state index < -0.39 is 0 Å². The first kappa shape index (κ1) is 14.3. The molecule has 19 heavy (non-hydrogen) atoms. The Hall–Kier alpha value is -1.13. The molecule has 1 aromatic rings. The zero-order valence-electron chi connectivity index (χ0n) is 12.4. The van der Waals surface area contributed by atoms with Crippen LogP contribution in [0.2, 0.25) is 0 Å². The van der Waals surface area contributed by atoms with Gasteiger partial charge in [0.05, 0.1) is 0 Å². The molecule has 0 amide bonds. The molecule has 0 atom stereocenters. The number of rotatable bonds is 5. The van der Waals surface area contributed by atoms with Gasteiger partial charge in [-0.2, -0.15) is 0 Å². The summed E-state index contributed by atoms with van der Waals surface area (Å²) in [5, 5.41) is 3.42. The molecule has 1 N–H and O–H groups in total. The summed E-state index contributed by atoms with van der Waals surface area (Å²) in [6.07, 6.45) is 4.51. The second-order valence-corrected chi connectivity index (χ2v) is 5.44. The molecule has 2 heterocycles. The molecule has 1 saturated heterocycles. The first-order valence-corrected chi connectivity index (χ1v) is 7.27. The fourth-order valence-corrected chi connectivity index (χ4v) is 2.56. The molecular formula is C15H26N4. The van der Waals surface area contributed by atoms with Gasteiger partial charge in [-0.15, -0.1) is 0 Å². The predicted octanol–water partition coefficient (Wildman–Crippen LogP) is 1.72. The lowest BCUT2D eigenvalue weighted by Crippen LogP contribution is -2.40. The Kier molecular flexibility index (Phi) is 5.16. The Morgan fingerprint density at radius 2 is 2.00 bits per heavy atom. The van der Waals surface area contributed by atoms with Crippen LogP contribution in [0.15, 0.2) is 18.3 Å². The number of hydrogen-bond donors (Lipinski definition) is 1. The van der Waals surface area contributed by atoms with Crippen LogP contribution in [0.5, 0.6) is 0 Å². The third-order valence-electron chi connectivity index (χ3n) is 4.04. The van der Waals surface area contributed by atoms with Gasteiger partial charge in [0.25, 0.3) is 0 Å². The van der Waals surface area contributed by atoms with Crippen molar-refractivity contribution in [3.63, 3.8) is 0 Å². The lowest BCUT2D eigenvalue weighted by molar-refractivity contribution is 0.191. The highest BCUT2D eigenvalue weighted by Gasteiger charge is 2.17. The number of hydrogen-bond acceptors (Lipinski definition) is 4. The highest BCUT2D eigenvalue weighted by Crippen LogP contribution is 2.15. The van der Waals surface area contributed by atoms with Crippen molar-refractivity contribution < 1.29 is 0 Å². The normalized spacial score (nSPS) is 16.8. The molecule has 1 fully saturated rings. The fraction of sp³-hybridized carbons (Fsp3) is 0.667. The van der Waals surface area contributed by atoms with Crippen molar-refractivity contribution in [3.8, 4) is 0 Å². The van der Waals surface area contributed by atoms with E-state index in [0.29, 0.717) is 6.04 Å². The first-order chi connectivity index (χ1) is 9.20. The van der Waals surface area contributed by atoms with E-state index in [9.17, 15) is 0 Å². The Labute approximate surface area is 116 Å². The molecule has 106 valence electrons. The number of nitrogens with one attached hydrogen (secondary N) is 1. The maximum atomic E-state index is 4.53. The molecule has 0 unspecified atom stereocenters. The minimum Gasteiger partial charge on any atom is -0.360 e. The fourth-order valence-electron chi connectivity index (χ4n) is 2.56. The minimum atomic E-state index is 0.708. The van der Waals surface area contributed by atoms with Crippen molar-refractivity contribution in [1.82, 2.24) is 15.2 Å². The van der Waals surface area contributed by atoms with E-state index in [-0.39, 0.29) is 0 Å². The van der Waals surface area contributed by atoms with Gasteiger partial charge in [0.2, 0.25) is 0 Å². The molecule has 0 saturated carbocycles. The monoisotopic (exact) mass is 262 g/mol. The van der Waals surface area contributed by atoms with Gasteiger partial charge < -0.3 is 10.2 Å². The molecule has 4 nitrogen and oxygen atoms in total. The van der Waals surface area contributed by atoms with Crippen LogP contribution >= 0.6 is 0 Å². The van der Waals surface area contributed by atoms with Crippen LogP contribution in [0, 0.1) is 0 Å². The van der Waals surface area contributed by atoms with E-state index in [0.717, 1.165) is 32.0 Å². The highest BCUT2D eigenvalue weighted by molar-refractivity contribution is 5.37. The summed E-state index contributed by atoms with van der Waals surface area (Å²) in [5.41, 5.74) is 1.30. The van der Waals surface area contributed by atoms with Crippen LogP contribution in [0.1, 0.15) is 25.3 Å². The summed E-state index contributed by atoms with van der Waals surface area (Å²) in [6.45, 7) is 6.41. The maximum Gasteiger partial charge on any atom is 0.128 e. The molecule has 0 aliphatic carbocycles. The molecule has 0 bridgehead atoms. The zero-order chi connectivity index (χ0) is 13.7. The van der Waals surface area contributed by atoms with Crippen LogP contribution in [0.4, 0.5) is 5.82 Å². The van der Waals surface area contributed by atoms with Crippen molar-refractivity contribution in [1.29, 1.82) is 0 Å². The smallest absolute Gasteiger partial charge is 0.128 e. The molecule has 1 aromatic heterocycles. The van der Waals surface area contributed by atoms with Crippen LogP contribution in [0.3, 0.4) is 0 Å². The topological polar surface area (TPSA) is 31.4 Å². The molecule has 1 aliphatic rings. The van der Waals surface area contributed by atoms with Gasteiger partial charge in [0.1, 0.15) is 5.82 Å². The van der Waals surface area contributed by atoms with E-state index in [4.69, 9.17) is 0 Å². The van der Waals surface area contributed by atoms with Gasteiger partial charge in [-0.25, -0.2) is 4.98 Å². The number of piperidine rings is 1. The van der Waals surface area contributed by atoms with Gasteiger partial charge >= 0.3 is 0 Å². The van der Waals surface area contributed by atoms with Gasteiger partial charge in [0, 0.05) is 32.4 Å². The predicted molar refractivity (Wildman–Crippen MR) is 80.5 cm³/mol. The largest absolute Gasteiger partial charge is 0.360 e. The number of nitrogens with zero attached hydrogens (tertiary/aromatic N) is 3. The summed E-state index contributed by atoms with van der Waals surface area (Å²) in [5.74, 6) is 1.05. The third-order valence-corrected chi connectivity index (χ3v) is 4.04. The lowest BCUT2D eigenvalue weighted by atomic mass is 10.0. The second kappa shape index (κ2) is 6.87. The Bertz CT molecular complexity index is 370. The van der Waals surface area contributed by atoms with E-state index >= 15 is 0 Å². The minimum absolute atomic E-state index is 0.708. The van der Waals surface area contributed by atoms with Gasteiger partial charge in [-0.3, -0.25) is 4.90 Å². The summed E-state index contributed by atoms with van der Waals surface area (Å²) < 4.78 is 0. The molecule has 0 radical (unpaired) electrons. The van der Waals surface area contributed by atoms with Crippen molar-refractivity contribution in [2.75, 3.05) is 38.6 Å². The van der Waals surface area contributed by atoms with Gasteiger partial charge in [-0.1, -0.05) is 6.07 Å². The molecule has 0 spiro atoms. The van der Waals surface area contributed by atoms with Gasteiger partial charge in [0.15, 0.2) is 0 Å². The van der Waals surface area contributed by atoms with Gasteiger partial charge in [-0.05, 0) is 51.5 Å². The summed E-state index contributed by atoms with van der Waals surface area (Å²) in [6, 6.07) is 5.03. The van der Waals surface area contributed by atoms with E-state index in [1.165, 1.54) is 18.4 Å². The SMILES string of the molecule is CCN(C)c1ccc(CN(C)C2CCNCC2)cn1. The van der Waals surface area contributed by atoms with Crippen molar-refractivity contribution >= 4 is 5.82 Å². The lowest BCUT2D eigenvalue weighted by Gasteiger charge is -2.31. The van der Waals surface area contributed by atoms with Crippen LogP contribution in [0.25, 0.3) is 0 Å².